The van der Waals surface area contributed by atoms with Gasteiger partial charge in [-0.3, -0.25) is 24.0 Å². The maximum absolute atomic E-state index is 12.5. The van der Waals surface area contributed by atoms with Gasteiger partial charge in [-0.1, -0.05) is 61.8 Å². The molecular formula is C42H79N5O11. The summed E-state index contributed by atoms with van der Waals surface area (Å²) in [5.41, 5.74) is -0.0889. The van der Waals surface area contributed by atoms with Crippen LogP contribution in [-0.2, 0) is 47.7 Å². The molecule has 0 saturated carbocycles. The van der Waals surface area contributed by atoms with Crippen molar-refractivity contribution in [1.29, 1.82) is 0 Å². The molecule has 0 heterocycles. The highest BCUT2D eigenvalue weighted by Crippen LogP contribution is 2.39. The second-order valence-corrected chi connectivity index (χ2v) is 17.4. The minimum absolute atomic E-state index is 0.0227. The molecule has 0 bridgehead atoms. The molecule has 0 aliphatic carbocycles. The first kappa shape index (κ1) is 54.8. The van der Waals surface area contributed by atoms with Gasteiger partial charge in [-0.15, -0.1) is 0 Å². The van der Waals surface area contributed by atoms with Gasteiger partial charge < -0.3 is 50.6 Å². The summed E-state index contributed by atoms with van der Waals surface area (Å²) in [7, 11) is 1.79. The van der Waals surface area contributed by atoms with Gasteiger partial charge in [0.15, 0.2) is 5.78 Å². The molecule has 0 fully saturated rings. The molecule has 2 atom stereocenters. The summed E-state index contributed by atoms with van der Waals surface area (Å²) < 4.78 is 21.4. The summed E-state index contributed by atoms with van der Waals surface area (Å²) in [5, 5.41) is 23.3. The van der Waals surface area contributed by atoms with Crippen LogP contribution in [0, 0.1) is 16.2 Å². The van der Waals surface area contributed by atoms with E-state index in [0.717, 1.165) is 38.5 Å². The highest BCUT2D eigenvalue weighted by atomic mass is 16.5. The van der Waals surface area contributed by atoms with Crippen LogP contribution < -0.4 is 26.6 Å². The molecule has 6 N–H and O–H groups in total. The molecule has 0 saturated heterocycles. The normalized spacial score (nSPS) is 13.1. The minimum Gasteiger partial charge on any atom is -0.480 e. The Hall–Kier alpha value is -3.18. The number of ketones is 1. The van der Waals surface area contributed by atoms with Crippen molar-refractivity contribution in [3.8, 4) is 0 Å². The monoisotopic (exact) mass is 830 g/mol. The smallest absolute Gasteiger partial charge is 0.326 e. The van der Waals surface area contributed by atoms with Gasteiger partial charge in [0.2, 0.25) is 23.6 Å². The molecule has 0 aromatic heterocycles. The van der Waals surface area contributed by atoms with E-state index in [9.17, 15) is 33.9 Å². The average Bonchev–Trinajstić information content (AvgIpc) is 3.12. The molecule has 58 heavy (non-hydrogen) atoms. The van der Waals surface area contributed by atoms with E-state index in [1.807, 2.05) is 20.8 Å². The Morgan fingerprint density at radius 2 is 1.09 bits per heavy atom. The van der Waals surface area contributed by atoms with Gasteiger partial charge >= 0.3 is 5.97 Å². The Labute approximate surface area is 348 Å². The maximum atomic E-state index is 12.5. The molecule has 0 aromatic carbocycles. The quantitative estimate of drug-likeness (QED) is 0.0500. The van der Waals surface area contributed by atoms with Crippen LogP contribution >= 0.6 is 0 Å². The Balaban J connectivity index is 3.84. The second kappa shape index (κ2) is 30.8. The highest BCUT2D eigenvalue weighted by molar-refractivity contribution is 5.88. The standard InChI is InChI=1S/C42H79N5O11/c1-10-18-41(5,6)31-42(7,8)19-13-15-35(49)47-33(39(53)54)16-17-34(48)45-21-23-55-25-28-58-30-37(51)46-22-24-56-26-27-57-29-36(50)44-20-12-11-14-32(43-9)38(52)40(2,3)4/h32-33,43H,10-31H2,1-9H3,(H,44,50)(H,45,48)(H,46,51)(H,47,49)(H,53,54)/t32-,33-/m0/s1. The lowest BCUT2D eigenvalue weighted by atomic mass is 9.71. The summed E-state index contributed by atoms with van der Waals surface area (Å²) in [6, 6.07) is -1.33. The molecule has 0 aliphatic heterocycles. The van der Waals surface area contributed by atoms with Gasteiger partial charge in [-0.2, -0.15) is 0 Å². The van der Waals surface area contributed by atoms with E-state index in [1.165, 1.54) is 0 Å². The van der Waals surface area contributed by atoms with Crippen LogP contribution in [0.1, 0.15) is 126 Å². The number of carboxylic acid groups (broad SMARTS) is 1. The lowest BCUT2D eigenvalue weighted by Gasteiger charge is -2.35. The van der Waals surface area contributed by atoms with Crippen molar-refractivity contribution in [2.75, 3.05) is 79.5 Å². The number of hydrogen-bond donors (Lipinski definition) is 6. The summed E-state index contributed by atoms with van der Waals surface area (Å²) in [6.07, 6.45) is 7.29. The van der Waals surface area contributed by atoms with Gasteiger partial charge in [0.05, 0.1) is 45.7 Å². The van der Waals surface area contributed by atoms with E-state index >= 15 is 0 Å². The number of Topliss-reactive ketones (excluding diaryl/α,β-unsaturated/α-hetero) is 1. The Bertz CT molecular complexity index is 1210. The first-order chi connectivity index (χ1) is 27.2. The number of carbonyl (C=O) groups excluding carboxylic acids is 5. The van der Waals surface area contributed by atoms with Crippen LogP contribution in [0.4, 0.5) is 0 Å². The van der Waals surface area contributed by atoms with Gasteiger partial charge in [-0.25, -0.2) is 4.79 Å². The van der Waals surface area contributed by atoms with Crippen molar-refractivity contribution >= 4 is 35.4 Å². The van der Waals surface area contributed by atoms with Gasteiger partial charge in [-0.05, 0) is 69.2 Å². The van der Waals surface area contributed by atoms with Crippen molar-refractivity contribution < 1.29 is 52.8 Å². The van der Waals surface area contributed by atoms with E-state index < -0.39 is 17.4 Å². The third-order valence-electron chi connectivity index (χ3n) is 9.43. The fourth-order valence-electron chi connectivity index (χ4n) is 6.79. The first-order valence-electron chi connectivity index (χ1n) is 21.1. The van der Waals surface area contributed by atoms with Crippen molar-refractivity contribution in [3.05, 3.63) is 0 Å². The van der Waals surface area contributed by atoms with E-state index in [-0.39, 0.29) is 131 Å². The fraction of sp³-hybridized carbons (Fsp3) is 0.857. The second-order valence-electron chi connectivity index (χ2n) is 17.4. The van der Waals surface area contributed by atoms with E-state index in [0.29, 0.717) is 19.4 Å². The fourth-order valence-corrected chi connectivity index (χ4v) is 6.79. The third kappa shape index (κ3) is 29.9. The zero-order chi connectivity index (χ0) is 44.0. The average molecular weight is 830 g/mol. The van der Waals surface area contributed by atoms with Crippen LogP contribution in [0.2, 0.25) is 0 Å². The molecule has 0 aliphatic rings. The highest BCUT2D eigenvalue weighted by Gasteiger charge is 2.29. The molecule has 0 rings (SSSR count). The molecule has 0 aromatic rings. The molecular weight excluding hydrogens is 750 g/mol. The molecule has 338 valence electrons. The molecule has 0 unspecified atom stereocenters. The van der Waals surface area contributed by atoms with Crippen molar-refractivity contribution in [2.45, 2.75) is 138 Å². The first-order valence-corrected chi connectivity index (χ1v) is 21.1. The van der Waals surface area contributed by atoms with Crippen LogP contribution in [0.25, 0.3) is 0 Å². The number of carboxylic acids is 1. The molecule has 0 radical (unpaired) electrons. The number of carbonyl (C=O) groups is 6. The number of nitrogens with one attached hydrogen (secondary N) is 5. The Morgan fingerprint density at radius 1 is 0.569 bits per heavy atom. The van der Waals surface area contributed by atoms with Crippen LogP contribution in [0.5, 0.6) is 0 Å². The molecule has 4 amide bonds. The van der Waals surface area contributed by atoms with Gasteiger partial charge in [0.25, 0.3) is 0 Å². The maximum Gasteiger partial charge on any atom is 0.326 e. The van der Waals surface area contributed by atoms with Crippen LogP contribution in [-0.4, -0.2) is 132 Å². The SMILES string of the molecule is CCCC(C)(C)CC(C)(C)CCCC(=O)N[C@@H](CCC(=O)NCCOCCOCC(=O)NCCOCCOCC(=O)NCCCC[C@H](NC)C(=O)C(C)(C)C)C(=O)O. The van der Waals surface area contributed by atoms with Crippen LogP contribution in [0.15, 0.2) is 0 Å². The molecule has 0 spiro atoms. The summed E-state index contributed by atoms with van der Waals surface area (Å²) in [4.78, 5) is 72.7. The predicted molar refractivity (Wildman–Crippen MR) is 223 cm³/mol. The Morgan fingerprint density at radius 3 is 1.60 bits per heavy atom. The Kier molecular flexibility index (Phi) is 29.1. The van der Waals surface area contributed by atoms with Crippen molar-refractivity contribution in [1.82, 2.24) is 26.6 Å². The van der Waals surface area contributed by atoms with E-state index in [4.69, 9.17) is 18.9 Å². The largest absolute Gasteiger partial charge is 0.480 e. The van der Waals surface area contributed by atoms with Gasteiger partial charge in [0, 0.05) is 37.9 Å². The third-order valence-corrected chi connectivity index (χ3v) is 9.43. The lowest BCUT2D eigenvalue weighted by molar-refractivity contribution is -0.142. The molecule has 16 nitrogen and oxygen atoms in total. The van der Waals surface area contributed by atoms with E-state index in [1.54, 1.807) is 7.05 Å². The summed E-state index contributed by atoms with van der Waals surface area (Å²) in [6.45, 7) is 19.0. The number of likely N-dealkylation sites (N-methyl/N-ethyl adjacent to an activating group) is 1. The van der Waals surface area contributed by atoms with E-state index in [2.05, 4.69) is 61.2 Å². The number of hydrogen-bond acceptors (Lipinski definition) is 11. The zero-order valence-corrected chi connectivity index (χ0v) is 37.2. The van der Waals surface area contributed by atoms with Crippen molar-refractivity contribution in [2.24, 2.45) is 16.2 Å². The topological polar surface area (TPSA) is 220 Å². The zero-order valence-electron chi connectivity index (χ0n) is 37.2. The number of ether oxygens (including phenoxy) is 4. The number of amides is 4. The van der Waals surface area contributed by atoms with Gasteiger partial charge in [0.1, 0.15) is 19.3 Å². The summed E-state index contributed by atoms with van der Waals surface area (Å²) in [5.74, 6) is -2.20. The minimum atomic E-state index is -1.18. The van der Waals surface area contributed by atoms with Crippen molar-refractivity contribution in [3.63, 3.8) is 0 Å². The predicted octanol–water partition coefficient (Wildman–Crippen LogP) is 3.54. The lowest BCUT2D eigenvalue weighted by Crippen LogP contribution is -2.41. The number of unbranched alkanes of at least 4 members (excludes halogenated alkanes) is 1. The van der Waals surface area contributed by atoms with Crippen LogP contribution in [0.3, 0.4) is 0 Å². The molecule has 16 heteroatoms. The summed E-state index contributed by atoms with van der Waals surface area (Å²) >= 11 is 0. The number of aliphatic carboxylic acids is 1. The number of rotatable bonds is 36.